The number of nitrogens with zero attached hydrogens (tertiary/aromatic N) is 2. The fraction of sp³-hybridized carbons (Fsp3) is 0.267. The van der Waals surface area contributed by atoms with E-state index in [0.29, 0.717) is 0 Å². The van der Waals surface area contributed by atoms with Crippen molar-refractivity contribution < 1.29 is 0 Å². The first-order valence-electron chi connectivity index (χ1n) is 6.44. The Hall–Kier alpha value is -1.13. The van der Waals surface area contributed by atoms with Crippen molar-refractivity contribution in [3.63, 3.8) is 0 Å². The third-order valence-corrected chi connectivity index (χ3v) is 4.63. The largest absolute Gasteiger partial charge is 0.347 e. The maximum Gasteiger partial charge on any atom is 0.185 e. The molecule has 98 valence electrons. The van der Waals surface area contributed by atoms with Gasteiger partial charge in [-0.05, 0) is 25.0 Å². The molecule has 0 bridgehead atoms. The molecule has 19 heavy (non-hydrogen) atoms. The summed E-state index contributed by atoms with van der Waals surface area (Å²) in [6.45, 7) is 2.15. The van der Waals surface area contributed by atoms with E-state index in [1.165, 1.54) is 5.56 Å². The van der Waals surface area contributed by atoms with Gasteiger partial charge in [0, 0.05) is 28.5 Å². The molecule has 1 aromatic carbocycles. The number of anilines is 1. The number of aromatic nitrogens is 1. The lowest BCUT2D eigenvalue weighted by molar-refractivity contribution is 0.808. The Morgan fingerprint density at radius 1 is 1.05 bits per heavy atom. The van der Waals surface area contributed by atoms with Crippen molar-refractivity contribution in [1.82, 2.24) is 4.98 Å². The molecule has 0 aliphatic carbocycles. The fourth-order valence-electron chi connectivity index (χ4n) is 2.16. The molecule has 2 nitrogen and oxygen atoms in total. The molecule has 1 aromatic heterocycles. The van der Waals surface area contributed by atoms with Gasteiger partial charge in [-0.3, -0.25) is 0 Å². The minimum Gasteiger partial charge on any atom is -0.347 e. The Labute approximate surface area is 125 Å². The minimum atomic E-state index is 1.07. The monoisotopic (exact) mass is 334 g/mol. The van der Waals surface area contributed by atoms with E-state index in [-0.39, 0.29) is 0 Å². The summed E-state index contributed by atoms with van der Waals surface area (Å²) in [6, 6.07) is 8.33. The van der Waals surface area contributed by atoms with Crippen molar-refractivity contribution in [3.05, 3.63) is 46.3 Å². The van der Waals surface area contributed by atoms with Gasteiger partial charge in [-0.25, -0.2) is 4.98 Å². The van der Waals surface area contributed by atoms with Crippen LogP contribution in [0.25, 0.3) is 11.3 Å². The van der Waals surface area contributed by atoms with Crippen LogP contribution < -0.4 is 4.90 Å². The molecule has 0 atom stereocenters. The molecule has 0 saturated heterocycles. The van der Waals surface area contributed by atoms with Gasteiger partial charge in [0.25, 0.3) is 0 Å². The maximum absolute atomic E-state index is 4.78. The van der Waals surface area contributed by atoms with E-state index < -0.39 is 0 Å². The molecular formula is C15H15BrN2S. The quantitative estimate of drug-likeness (QED) is 0.738. The molecule has 0 spiro atoms. The summed E-state index contributed by atoms with van der Waals surface area (Å²) < 4.78 is 1.10. The maximum atomic E-state index is 4.78. The standard InChI is InChI=1S/C15H15BrN2S/c16-13-7-5-12(6-8-13)14-11-19-15(17-14)18-9-3-1-2-4-10-18/h1-2,5-8,11H,3-4,9-10H2. The fourth-order valence-corrected chi connectivity index (χ4v) is 3.32. The number of halogens is 1. The molecule has 1 aliphatic heterocycles. The summed E-state index contributed by atoms with van der Waals surface area (Å²) >= 11 is 5.20. The minimum absolute atomic E-state index is 1.07. The number of hydrogen-bond donors (Lipinski definition) is 0. The highest BCUT2D eigenvalue weighted by Crippen LogP contribution is 2.29. The van der Waals surface area contributed by atoms with Crippen LogP contribution in [0.4, 0.5) is 5.13 Å². The number of thiazole rings is 1. The third-order valence-electron chi connectivity index (χ3n) is 3.20. The van der Waals surface area contributed by atoms with E-state index in [0.717, 1.165) is 41.2 Å². The number of benzene rings is 1. The van der Waals surface area contributed by atoms with Crippen LogP contribution in [0.5, 0.6) is 0 Å². The van der Waals surface area contributed by atoms with Gasteiger partial charge in [0.2, 0.25) is 0 Å². The van der Waals surface area contributed by atoms with Crippen molar-refractivity contribution in [2.45, 2.75) is 12.8 Å². The number of hydrogen-bond acceptors (Lipinski definition) is 3. The highest BCUT2D eigenvalue weighted by atomic mass is 79.9. The van der Waals surface area contributed by atoms with E-state index >= 15 is 0 Å². The molecule has 0 unspecified atom stereocenters. The molecule has 2 aromatic rings. The van der Waals surface area contributed by atoms with E-state index in [2.05, 4.69) is 62.6 Å². The van der Waals surface area contributed by atoms with E-state index in [4.69, 9.17) is 4.98 Å². The van der Waals surface area contributed by atoms with Gasteiger partial charge in [-0.1, -0.05) is 40.2 Å². The van der Waals surface area contributed by atoms with Gasteiger partial charge in [0.05, 0.1) is 5.69 Å². The molecule has 0 N–H and O–H groups in total. The second-order valence-corrected chi connectivity index (χ2v) is 6.31. The van der Waals surface area contributed by atoms with E-state index in [9.17, 15) is 0 Å². The summed E-state index contributed by atoms with van der Waals surface area (Å²) in [5, 5.41) is 3.29. The van der Waals surface area contributed by atoms with Gasteiger partial charge < -0.3 is 4.90 Å². The van der Waals surface area contributed by atoms with E-state index in [1.807, 2.05) is 0 Å². The van der Waals surface area contributed by atoms with Crippen molar-refractivity contribution in [2.75, 3.05) is 18.0 Å². The zero-order chi connectivity index (χ0) is 13.1. The zero-order valence-electron chi connectivity index (χ0n) is 10.6. The lowest BCUT2D eigenvalue weighted by Gasteiger charge is -2.18. The van der Waals surface area contributed by atoms with Gasteiger partial charge in [-0.2, -0.15) is 0 Å². The summed E-state index contributed by atoms with van der Waals surface area (Å²) in [7, 11) is 0. The Morgan fingerprint density at radius 3 is 2.42 bits per heavy atom. The molecule has 3 rings (SSSR count). The Balaban J connectivity index is 1.80. The lowest BCUT2D eigenvalue weighted by atomic mass is 10.2. The van der Waals surface area contributed by atoms with Crippen molar-refractivity contribution in [1.29, 1.82) is 0 Å². The molecule has 4 heteroatoms. The van der Waals surface area contributed by atoms with Crippen LogP contribution in [0.15, 0.2) is 46.3 Å². The van der Waals surface area contributed by atoms with Crippen LogP contribution in [-0.4, -0.2) is 18.1 Å². The Bertz CT molecular complexity index is 564. The average Bonchev–Trinajstić information content (AvgIpc) is 2.76. The molecule has 2 heterocycles. The van der Waals surface area contributed by atoms with Gasteiger partial charge in [-0.15, -0.1) is 11.3 Å². The molecular weight excluding hydrogens is 320 g/mol. The highest BCUT2D eigenvalue weighted by molar-refractivity contribution is 9.10. The lowest BCUT2D eigenvalue weighted by Crippen LogP contribution is -2.23. The summed E-state index contributed by atoms with van der Waals surface area (Å²) in [5.74, 6) is 0. The van der Waals surface area contributed by atoms with Crippen LogP contribution in [0.1, 0.15) is 12.8 Å². The second-order valence-electron chi connectivity index (χ2n) is 4.56. The SMILES string of the molecule is Brc1ccc(-c2csc(N3CCC=CCC3)n2)cc1. The van der Waals surface area contributed by atoms with Gasteiger partial charge >= 0.3 is 0 Å². The molecule has 0 saturated carbocycles. The normalized spacial score (nSPS) is 15.5. The van der Waals surface area contributed by atoms with Gasteiger partial charge in [0.15, 0.2) is 5.13 Å². The molecule has 0 radical (unpaired) electrons. The first-order valence-corrected chi connectivity index (χ1v) is 8.11. The average molecular weight is 335 g/mol. The first kappa shape index (κ1) is 12.9. The Morgan fingerprint density at radius 2 is 1.74 bits per heavy atom. The van der Waals surface area contributed by atoms with Crippen LogP contribution in [0.2, 0.25) is 0 Å². The Kier molecular flexibility index (Phi) is 3.99. The van der Waals surface area contributed by atoms with Crippen LogP contribution in [0, 0.1) is 0 Å². The second kappa shape index (κ2) is 5.88. The predicted molar refractivity (Wildman–Crippen MR) is 85.8 cm³/mol. The zero-order valence-corrected chi connectivity index (χ0v) is 13.0. The number of rotatable bonds is 2. The smallest absolute Gasteiger partial charge is 0.185 e. The van der Waals surface area contributed by atoms with Crippen molar-refractivity contribution >= 4 is 32.4 Å². The van der Waals surface area contributed by atoms with Crippen molar-refractivity contribution in [3.8, 4) is 11.3 Å². The van der Waals surface area contributed by atoms with Crippen LogP contribution >= 0.6 is 27.3 Å². The summed E-state index contributed by atoms with van der Waals surface area (Å²) in [5.41, 5.74) is 2.25. The van der Waals surface area contributed by atoms with Crippen LogP contribution in [0.3, 0.4) is 0 Å². The van der Waals surface area contributed by atoms with Crippen LogP contribution in [-0.2, 0) is 0 Å². The highest BCUT2D eigenvalue weighted by Gasteiger charge is 2.12. The topological polar surface area (TPSA) is 16.1 Å². The predicted octanol–water partition coefficient (Wildman–Crippen LogP) is 4.73. The van der Waals surface area contributed by atoms with Gasteiger partial charge in [0.1, 0.15) is 0 Å². The summed E-state index contributed by atoms with van der Waals surface area (Å²) in [6.07, 6.45) is 6.77. The summed E-state index contributed by atoms with van der Waals surface area (Å²) in [4.78, 5) is 7.16. The molecule has 0 fully saturated rings. The van der Waals surface area contributed by atoms with E-state index in [1.54, 1.807) is 11.3 Å². The third kappa shape index (κ3) is 3.07. The molecule has 1 aliphatic rings. The first-order chi connectivity index (χ1) is 9.33. The molecule has 0 amide bonds. The van der Waals surface area contributed by atoms with Crippen molar-refractivity contribution in [2.24, 2.45) is 0 Å².